The second kappa shape index (κ2) is 9.08. The lowest BCUT2D eigenvalue weighted by molar-refractivity contribution is 0.0796. The Morgan fingerprint density at radius 3 is 2.43 bits per heavy atom. The third-order valence-electron chi connectivity index (χ3n) is 4.56. The third kappa shape index (κ3) is 4.91. The van der Waals surface area contributed by atoms with E-state index in [4.69, 9.17) is 0 Å². The lowest BCUT2D eigenvalue weighted by Crippen LogP contribution is -2.29. The molecule has 28 heavy (non-hydrogen) atoms. The standard InChI is InChI=1S/C22H25N5O/c1-16(2)19-6-4-5-7-20(19)26-22-24-14-18(15-25-22)21(28)27(3)13-10-17-8-11-23-12-9-17/h4-9,11-12,14-16H,10,13H2,1-3H3,(H,24,25,26). The van der Waals surface area contributed by atoms with E-state index in [-0.39, 0.29) is 5.91 Å². The number of carbonyl (C=O) groups is 1. The number of aromatic nitrogens is 3. The summed E-state index contributed by atoms with van der Waals surface area (Å²) in [6.07, 6.45) is 7.43. The highest BCUT2D eigenvalue weighted by molar-refractivity contribution is 5.93. The van der Waals surface area contributed by atoms with Crippen LogP contribution in [0.1, 0.15) is 41.3 Å². The van der Waals surface area contributed by atoms with E-state index in [0.29, 0.717) is 24.0 Å². The molecule has 0 bridgehead atoms. The summed E-state index contributed by atoms with van der Waals surface area (Å²) in [5, 5.41) is 3.24. The van der Waals surface area contributed by atoms with Gasteiger partial charge >= 0.3 is 0 Å². The van der Waals surface area contributed by atoms with E-state index in [1.807, 2.05) is 30.3 Å². The number of nitrogens with one attached hydrogen (secondary N) is 1. The first kappa shape index (κ1) is 19.5. The molecule has 0 spiro atoms. The van der Waals surface area contributed by atoms with Crippen molar-refractivity contribution >= 4 is 17.5 Å². The predicted molar refractivity (Wildman–Crippen MR) is 111 cm³/mol. The highest BCUT2D eigenvalue weighted by Crippen LogP contribution is 2.25. The smallest absolute Gasteiger partial charge is 0.256 e. The zero-order valence-electron chi connectivity index (χ0n) is 16.5. The van der Waals surface area contributed by atoms with E-state index in [9.17, 15) is 4.79 Å². The number of amides is 1. The van der Waals surface area contributed by atoms with Crippen LogP contribution in [-0.4, -0.2) is 39.4 Å². The van der Waals surface area contributed by atoms with Crippen molar-refractivity contribution < 1.29 is 4.79 Å². The topological polar surface area (TPSA) is 71.0 Å². The van der Waals surface area contributed by atoms with Crippen LogP contribution < -0.4 is 5.32 Å². The molecule has 0 fully saturated rings. The van der Waals surface area contributed by atoms with Crippen molar-refractivity contribution in [2.45, 2.75) is 26.2 Å². The van der Waals surface area contributed by atoms with Crippen molar-refractivity contribution in [3.63, 3.8) is 0 Å². The highest BCUT2D eigenvalue weighted by Gasteiger charge is 2.13. The molecule has 1 aromatic carbocycles. The summed E-state index contributed by atoms with van der Waals surface area (Å²) in [5.74, 6) is 0.769. The minimum atomic E-state index is -0.0943. The van der Waals surface area contributed by atoms with E-state index in [1.165, 1.54) is 5.56 Å². The summed E-state index contributed by atoms with van der Waals surface area (Å²) in [7, 11) is 1.79. The molecule has 0 saturated heterocycles. The van der Waals surface area contributed by atoms with E-state index in [2.05, 4.69) is 40.2 Å². The Hall–Kier alpha value is -3.28. The number of likely N-dealkylation sites (N-methyl/N-ethyl adjacent to an activating group) is 1. The van der Waals surface area contributed by atoms with Crippen molar-refractivity contribution in [3.8, 4) is 0 Å². The third-order valence-corrected chi connectivity index (χ3v) is 4.56. The predicted octanol–water partition coefficient (Wildman–Crippen LogP) is 4.05. The van der Waals surface area contributed by atoms with Gasteiger partial charge in [-0.3, -0.25) is 9.78 Å². The fraction of sp³-hybridized carbons (Fsp3) is 0.273. The number of pyridine rings is 1. The molecular formula is C22H25N5O. The lowest BCUT2D eigenvalue weighted by Gasteiger charge is -2.17. The van der Waals surface area contributed by atoms with Gasteiger partial charge in [0.25, 0.3) is 5.91 Å². The zero-order valence-corrected chi connectivity index (χ0v) is 16.5. The normalized spacial score (nSPS) is 10.7. The van der Waals surface area contributed by atoms with Crippen LogP contribution in [0.3, 0.4) is 0 Å². The fourth-order valence-corrected chi connectivity index (χ4v) is 2.91. The van der Waals surface area contributed by atoms with Crippen LogP contribution in [0.4, 0.5) is 11.6 Å². The molecule has 3 aromatic rings. The Kier molecular flexibility index (Phi) is 6.32. The summed E-state index contributed by atoms with van der Waals surface area (Å²) in [4.78, 5) is 26.9. The zero-order chi connectivity index (χ0) is 19.9. The molecule has 0 aliphatic heterocycles. The number of benzene rings is 1. The molecule has 144 valence electrons. The van der Waals surface area contributed by atoms with Gasteiger partial charge in [0.1, 0.15) is 0 Å². The average molecular weight is 375 g/mol. The number of hydrogen-bond donors (Lipinski definition) is 1. The fourth-order valence-electron chi connectivity index (χ4n) is 2.91. The van der Waals surface area contributed by atoms with Crippen LogP contribution in [0, 0.1) is 0 Å². The first-order valence-corrected chi connectivity index (χ1v) is 9.37. The van der Waals surface area contributed by atoms with Gasteiger partial charge in [-0.2, -0.15) is 0 Å². The van der Waals surface area contributed by atoms with Crippen molar-refractivity contribution in [2.75, 3.05) is 18.9 Å². The Morgan fingerprint density at radius 2 is 1.75 bits per heavy atom. The van der Waals surface area contributed by atoms with Gasteiger partial charge in [-0.25, -0.2) is 9.97 Å². The number of carbonyl (C=O) groups excluding carboxylic acids is 1. The quantitative estimate of drug-likeness (QED) is 0.674. The van der Waals surface area contributed by atoms with Gasteiger partial charge in [0.15, 0.2) is 0 Å². The monoisotopic (exact) mass is 375 g/mol. The van der Waals surface area contributed by atoms with Gasteiger partial charge in [0.05, 0.1) is 5.56 Å². The van der Waals surface area contributed by atoms with Gasteiger partial charge < -0.3 is 10.2 Å². The Balaban J connectivity index is 1.63. The minimum absolute atomic E-state index is 0.0943. The maximum absolute atomic E-state index is 12.6. The van der Waals surface area contributed by atoms with Crippen LogP contribution in [0.25, 0.3) is 0 Å². The average Bonchev–Trinajstić information content (AvgIpc) is 2.73. The summed E-state index contributed by atoms with van der Waals surface area (Å²) >= 11 is 0. The van der Waals surface area contributed by atoms with Crippen LogP contribution in [0.5, 0.6) is 0 Å². The molecule has 0 saturated carbocycles. The lowest BCUT2D eigenvalue weighted by atomic mass is 10.0. The number of hydrogen-bond acceptors (Lipinski definition) is 5. The van der Waals surface area contributed by atoms with Crippen LogP contribution in [0.15, 0.2) is 61.2 Å². The highest BCUT2D eigenvalue weighted by atomic mass is 16.2. The van der Waals surface area contributed by atoms with E-state index >= 15 is 0 Å². The summed E-state index contributed by atoms with van der Waals surface area (Å²) < 4.78 is 0. The molecule has 1 amide bonds. The minimum Gasteiger partial charge on any atom is -0.341 e. The molecule has 0 aliphatic rings. The molecule has 3 rings (SSSR count). The summed E-state index contributed by atoms with van der Waals surface area (Å²) in [6.45, 7) is 4.90. The van der Waals surface area contributed by atoms with Gasteiger partial charge in [-0.15, -0.1) is 0 Å². The van der Waals surface area contributed by atoms with Gasteiger partial charge in [-0.1, -0.05) is 32.0 Å². The molecule has 2 aromatic heterocycles. The molecule has 0 aliphatic carbocycles. The van der Waals surface area contributed by atoms with Crippen LogP contribution in [-0.2, 0) is 6.42 Å². The Morgan fingerprint density at radius 1 is 1.07 bits per heavy atom. The van der Waals surface area contributed by atoms with Crippen molar-refractivity contribution in [1.82, 2.24) is 19.9 Å². The molecule has 0 atom stereocenters. The molecule has 0 radical (unpaired) electrons. The second-order valence-electron chi connectivity index (χ2n) is 6.99. The first-order valence-electron chi connectivity index (χ1n) is 9.37. The Labute approximate surface area is 165 Å². The SMILES string of the molecule is CC(C)c1ccccc1Nc1ncc(C(=O)N(C)CCc2ccncc2)cn1. The van der Waals surface area contributed by atoms with E-state index in [1.54, 1.807) is 36.7 Å². The Bertz CT molecular complexity index is 910. The number of para-hydroxylation sites is 1. The maximum Gasteiger partial charge on any atom is 0.256 e. The molecule has 6 nitrogen and oxygen atoms in total. The maximum atomic E-state index is 12.6. The van der Waals surface area contributed by atoms with Gasteiger partial charge in [-0.05, 0) is 41.7 Å². The van der Waals surface area contributed by atoms with Crippen LogP contribution >= 0.6 is 0 Å². The van der Waals surface area contributed by atoms with Crippen LogP contribution in [0.2, 0.25) is 0 Å². The van der Waals surface area contributed by atoms with E-state index in [0.717, 1.165) is 17.7 Å². The summed E-state index contributed by atoms with van der Waals surface area (Å²) in [5.41, 5.74) is 3.79. The second-order valence-corrected chi connectivity index (χ2v) is 6.99. The number of nitrogens with zero attached hydrogens (tertiary/aromatic N) is 4. The number of anilines is 2. The van der Waals surface area contributed by atoms with Crippen molar-refractivity contribution in [3.05, 3.63) is 77.9 Å². The molecule has 2 heterocycles. The molecular weight excluding hydrogens is 350 g/mol. The number of rotatable bonds is 7. The van der Waals surface area contributed by atoms with Gasteiger partial charge in [0, 0.05) is 44.1 Å². The first-order chi connectivity index (χ1) is 13.5. The molecule has 6 heteroatoms. The van der Waals surface area contributed by atoms with Crippen molar-refractivity contribution in [2.24, 2.45) is 0 Å². The molecule has 1 N–H and O–H groups in total. The van der Waals surface area contributed by atoms with Gasteiger partial charge in [0.2, 0.25) is 5.95 Å². The summed E-state index contributed by atoms with van der Waals surface area (Å²) in [6, 6.07) is 12.0. The largest absolute Gasteiger partial charge is 0.341 e. The van der Waals surface area contributed by atoms with E-state index < -0.39 is 0 Å². The molecule has 0 unspecified atom stereocenters. The van der Waals surface area contributed by atoms with Crippen molar-refractivity contribution in [1.29, 1.82) is 0 Å².